The van der Waals surface area contributed by atoms with Gasteiger partial charge in [0.15, 0.2) is 0 Å². The van der Waals surface area contributed by atoms with Gasteiger partial charge in [0.05, 0.1) is 14.2 Å². The molecule has 0 aromatic rings. The highest BCUT2D eigenvalue weighted by atomic mass is 28.4. The highest BCUT2D eigenvalue weighted by molar-refractivity contribution is 6.61. The minimum absolute atomic E-state index is 0.274. The topological polar surface area (TPSA) is 46.2 Å². The zero-order chi connectivity index (χ0) is 11.1. The van der Waals surface area contributed by atoms with E-state index in [1.165, 1.54) is 33.5 Å². The van der Waals surface area contributed by atoms with Crippen LogP contribution in [0.4, 0.5) is 0 Å². The fourth-order valence-corrected chi connectivity index (χ4v) is 4.42. The van der Waals surface area contributed by atoms with Gasteiger partial charge >= 0.3 is 8.80 Å². The minimum atomic E-state index is -2.81. The van der Waals surface area contributed by atoms with Crippen molar-refractivity contribution in [3.8, 4) is 0 Å². The van der Waals surface area contributed by atoms with Gasteiger partial charge in [0.25, 0.3) is 0 Å². The number of hydrogen-bond acceptors (Lipinski definition) is 5. The summed E-state index contributed by atoms with van der Waals surface area (Å²) in [7, 11) is 1.69. The maximum Gasteiger partial charge on any atom is 0.560 e. The summed E-state index contributed by atoms with van der Waals surface area (Å²) in [5.41, 5.74) is 0.274. The number of hydrogen-bond donors (Lipinski definition) is 0. The van der Waals surface area contributed by atoms with Gasteiger partial charge in [-0.3, -0.25) is 0 Å². The summed E-state index contributed by atoms with van der Waals surface area (Å²) in [6.07, 6.45) is 5.73. The molecule has 90 valence electrons. The number of rotatable bonds is 6. The molecule has 0 N–H and O–H groups in total. The van der Waals surface area contributed by atoms with E-state index < -0.39 is 8.80 Å². The first-order chi connectivity index (χ1) is 7.29. The van der Waals surface area contributed by atoms with Crippen molar-refractivity contribution in [1.82, 2.24) is 0 Å². The van der Waals surface area contributed by atoms with Gasteiger partial charge in [-0.2, -0.15) is 0 Å². The first-order valence-electron chi connectivity index (χ1n) is 5.28. The quantitative estimate of drug-likeness (QED) is 0.401. The van der Waals surface area contributed by atoms with Gasteiger partial charge in [0.2, 0.25) is 0 Å². The lowest BCUT2D eigenvalue weighted by molar-refractivity contribution is -0.295. The van der Waals surface area contributed by atoms with Crippen molar-refractivity contribution in [3.05, 3.63) is 0 Å². The third-order valence-electron chi connectivity index (χ3n) is 2.79. The van der Waals surface area contributed by atoms with E-state index >= 15 is 0 Å². The van der Waals surface area contributed by atoms with Crippen molar-refractivity contribution < 1.29 is 23.4 Å². The van der Waals surface area contributed by atoms with E-state index in [0.29, 0.717) is 0 Å². The van der Waals surface area contributed by atoms with Gasteiger partial charge in [0.1, 0.15) is 0 Å². The second-order valence-electron chi connectivity index (χ2n) is 3.64. The summed E-state index contributed by atoms with van der Waals surface area (Å²) in [4.78, 5) is 9.47. The highest BCUT2D eigenvalue weighted by Crippen LogP contribution is 2.38. The first-order valence-corrected chi connectivity index (χ1v) is 7.08. The predicted octanol–water partition coefficient (Wildman–Crippen LogP) is 2.06. The molecule has 1 rings (SSSR count). The van der Waals surface area contributed by atoms with E-state index in [9.17, 15) is 0 Å². The van der Waals surface area contributed by atoms with Gasteiger partial charge in [0, 0.05) is 12.7 Å². The molecule has 0 aromatic carbocycles. The van der Waals surface area contributed by atoms with Gasteiger partial charge in [-0.15, -0.1) is 0 Å². The Morgan fingerprint density at radius 3 is 1.80 bits per heavy atom. The molecular weight excluding hydrogens is 216 g/mol. The Hall–Kier alpha value is 0.0169. The monoisotopic (exact) mass is 236 g/mol. The molecule has 1 aliphatic carbocycles. The van der Waals surface area contributed by atoms with Gasteiger partial charge in [-0.1, -0.05) is 19.3 Å². The van der Waals surface area contributed by atoms with Crippen molar-refractivity contribution in [3.63, 3.8) is 0 Å². The molecule has 0 unspecified atom stereocenters. The Kier molecular flexibility index (Phi) is 5.73. The molecule has 15 heavy (non-hydrogen) atoms. The van der Waals surface area contributed by atoms with Gasteiger partial charge < -0.3 is 4.43 Å². The Bertz CT molecular complexity index is 166. The lowest BCUT2D eigenvalue weighted by atomic mass is 10.0. The van der Waals surface area contributed by atoms with Gasteiger partial charge in [-0.25, -0.2) is 18.9 Å². The maximum absolute atomic E-state index is 5.40. The lowest BCUT2D eigenvalue weighted by Gasteiger charge is -2.33. The molecule has 1 fully saturated rings. The van der Waals surface area contributed by atoms with Gasteiger partial charge in [-0.05, 0) is 12.8 Å². The van der Waals surface area contributed by atoms with E-state index in [1.807, 2.05) is 0 Å². The molecule has 0 spiro atoms. The van der Waals surface area contributed by atoms with E-state index in [2.05, 4.69) is 0 Å². The van der Waals surface area contributed by atoms with Crippen molar-refractivity contribution in [2.75, 3.05) is 21.3 Å². The van der Waals surface area contributed by atoms with E-state index in [-0.39, 0.29) is 5.54 Å². The van der Waals surface area contributed by atoms with Crippen LogP contribution in [0.15, 0.2) is 0 Å². The predicted molar refractivity (Wildman–Crippen MR) is 55.8 cm³/mol. The van der Waals surface area contributed by atoms with E-state index in [1.54, 1.807) is 7.11 Å². The Morgan fingerprint density at radius 1 is 0.867 bits per heavy atom. The fourth-order valence-electron chi connectivity index (χ4n) is 2.07. The van der Waals surface area contributed by atoms with Crippen molar-refractivity contribution >= 4 is 8.80 Å². The largest absolute Gasteiger partial charge is 0.560 e. The summed E-state index contributed by atoms with van der Waals surface area (Å²) >= 11 is 0. The van der Waals surface area contributed by atoms with Crippen LogP contribution in [0.3, 0.4) is 0 Å². The Morgan fingerprint density at radius 2 is 1.40 bits per heavy atom. The van der Waals surface area contributed by atoms with Crippen LogP contribution in [0, 0.1) is 0 Å². The van der Waals surface area contributed by atoms with Crippen LogP contribution < -0.4 is 0 Å². The van der Waals surface area contributed by atoms with E-state index in [4.69, 9.17) is 23.4 Å². The standard InChI is InChI=1S/C9H20O5Si/c1-10-13-15(12-3,14-11-2)9-7-5-4-6-8-9/h9H,4-8H2,1-3H3. The molecule has 0 saturated heterocycles. The SMILES string of the molecule is COO[Si](OC)(OOC)C1CCCCC1. The third kappa shape index (κ3) is 3.23. The molecule has 1 aliphatic rings. The molecule has 0 amide bonds. The molecular formula is C9H20O5Si. The van der Waals surface area contributed by atoms with Crippen LogP contribution >= 0.6 is 0 Å². The van der Waals surface area contributed by atoms with Crippen LogP contribution in [0.5, 0.6) is 0 Å². The highest BCUT2D eigenvalue weighted by Gasteiger charge is 2.52. The molecule has 0 bridgehead atoms. The zero-order valence-electron chi connectivity index (χ0n) is 9.65. The van der Waals surface area contributed by atoms with Crippen LogP contribution in [0.25, 0.3) is 0 Å². The summed E-state index contributed by atoms with van der Waals surface area (Å²) < 4.78 is 15.9. The molecule has 1 saturated carbocycles. The maximum atomic E-state index is 5.40. The van der Waals surface area contributed by atoms with Crippen LogP contribution in [-0.2, 0) is 23.4 Å². The molecule has 5 nitrogen and oxygen atoms in total. The zero-order valence-corrected chi connectivity index (χ0v) is 10.7. The Labute approximate surface area is 91.8 Å². The summed E-state index contributed by atoms with van der Waals surface area (Å²) in [6, 6.07) is 0. The normalized spacial score (nSPS) is 19.4. The summed E-state index contributed by atoms with van der Waals surface area (Å²) in [5, 5.41) is 0. The molecule has 0 aliphatic heterocycles. The minimum Gasteiger partial charge on any atom is -0.374 e. The van der Waals surface area contributed by atoms with Crippen LogP contribution in [0.1, 0.15) is 32.1 Å². The second-order valence-corrected chi connectivity index (χ2v) is 6.41. The average molecular weight is 236 g/mol. The smallest absolute Gasteiger partial charge is 0.374 e. The van der Waals surface area contributed by atoms with Crippen LogP contribution in [-0.4, -0.2) is 30.1 Å². The molecule has 0 atom stereocenters. The van der Waals surface area contributed by atoms with Crippen molar-refractivity contribution in [2.24, 2.45) is 0 Å². The van der Waals surface area contributed by atoms with Crippen LogP contribution in [0.2, 0.25) is 5.54 Å². The molecule has 6 heteroatoms. The Balaban J connectivity index is 2.66. The fraction of sp³-hybridized carbons (Fsp3) is 1.00. The first kappa shape index (κ1) is 13.1. The summed E-state index contributed by atoms with van der Waals surface area (Å²) in [5.74, 6) is 0. The second kappa shape index (κ2) is 6.57. The molecule has 0 radical (unpaired) electrons. The van der Waals surface area contributed by atoms with Crippen molar-refractivity contribution in [1.29, 1.82) is 0 Å². The molecule has 0 heterocycles. The van der Waals surface area contributed by atoms with E-state index in [0.717, 1.165) is 12.8 Å². The molecule has 0 aromatic heterocycles. The summed E-state index contributed by atoms with van der Waals surface area (Å²) in [6.45, 7) is 0. The lowest BCUT2D eigenvalue weighted by Crippen LogP contribution is -2.49. The third-order valence-corrected chi connectivity index (χ3v) is 5.73. The average Bonchev–Trinajstić information content (AvgIpc) is 2.30. The van der Waals surface area contributed by atoms with Crippen molar-refractivity contribution in [2.45, 2.75) is 37.6 Å².